The molecule has 1 aliphatic heterocycles. The van der Waals surface area contributed by atoms with Crippen LogP contribution in [0.2, 0.25) is 0 Å². The molecule has 0 aliphatic carbocycles. The lowest BCUT2D eigenvalue weighted by atomic mass is 10.2. The zero-order valence-electron chi connectivity index (χ0n) is 10.4. The number of rotatable bonds is 4. The van der Waals surface area contributed by atoms with Crippen molar-refractivity contribution in [3.05, 3.63) is 11.6 Å². The van der Waals surface area contributed by atoms with Crippen LogP contribution in [0.3, 0.4) is 0 Å². The summed E-state index contributed by atoms with van der Waals surface area (Å²) in [5.41, 5.74) is 1.35. The van der Waals surface area contributed by atoms with Gasteiger partial charge in [0.25, 0.3) is 0 Å². The lowest BCUT2D eigenvalue weighted by molar-refractivity contribution is 0.178. The third-order valence-electron chi connectivity index (χ3n) is 2.82. The van der Waals surface area contributed by atoms with E-state index in [-0.39, 0.29) is 6.10 Å². The van der Waals surface area contributed by atoms with Crippen molar-refractivity contribution in [2.24, 2.45) is 0 Å². The second-order valence-electron chi connectivity index (χ2n) is 5.04. The first-order chi connectivity index (χ1) is 6.99. The topological polar surface area (TPSA) is 26.7 Å². The van der Waals surface area contributed by atoms with Gasteiger partial charge in [-0.1, -0.05) is 11.6 Å². The molecule has 2 atom stereocenters. The minimum Gasteiger partial charge on any atom is -0.392 e. The van der Waals surface area contributed by atoms with E-state index in [4.69, 9.17) is 0 Å². The minimum atomic E-state index is -0.138. The maximum absolute atomic E-state index is 9.67. The highest BCUT2D eigenvalue weighted by atomic mass is 16.3. The Bertz CT molecular complexity index is 222. The molecule has 0 aromatic carbocycles. The van der Waals surface area contributed by atoms with Crippen molar-refractivity contribution in [3.8, 4) is 0 Å². The normalized spacial score (nSPS) is 27.3. The summed E-state index contributed by atoms with van der Waals surface area (Å²) >= 11 is 0. The summed E-state index contributed by atoms with van der Waals surface area (Å²) in [6, 6.07) is 0.505. The van der Waals surface area contributed by atoms with Crippen molar-refractivity contribution in [2.45, 2.75) is 32.4 Å². The maximum atomic E-state index is 9.67. The molecule has 1 heterocycles. The van der Waals surface area contributed by atoms with Crippen LogP contribution in [0.25, 0.3) is 0 Å². The van der Waals surface area contributed by atoms with Crippen LogP contribution < -0.4 is 0 Å². The SMILES string of the molecule is CC(C)=CCN1CC(O)CC1CN(C)C. The van der Waals surface area contributed by atoms with Gasteiger partial charge in [-0.2, -0.15) is 0 Å². The Hall–Kier alpha value is -0.380. The molecule has 1 fully saturated rings. The van der Waals surface area contributed by atoms with Gasteiger partial charge < -0.3 is 10.0 Å². The first kappa shape index (κ1) is 12.7. The highest BCUT2D eigenvalue weighted by Crippen LogP contribution is 2.18. The number of aliphatic hydroxyl groups excluding tert-OH is 1. The Balaban J connectivity index is 2.49. The van der Waals surface area contributed by atoms with E-state index in [1.54, 1.807) is 0 Å². The summed E-state index contributed by atoms with van der Waals surface area (Å²) in [5.74, 6) is 0. The van der Waals surface area contributed by atoms with Gasteiger partial charge in [-0.3, -0.25) is 4.90 Å². The summed E-state index contributed by atoms with van der Waals surface area (Å²) in [7, 11) is 4.17. The van der Waals surface area contributed by atoms with Crippen LogP contribution in [0, 0.1) is 0 Å². The van der Waals surface area contributed by atoms with E-state index in [2.05, 4.69) is 43.8 Å². The molecule has 1 N–H and O–H groups in total. The highest BCUT2D eigenvalue weighted by molar-refractivity contribution is 4.98. The molecule has 2 unspecified atom stereocenters. The average Bonchev–Trinajstić information content (AvgIpc) is 2.41. The van der Waals surface area contributed by atoms with Gasteiger partial charge in [-0.25, -0.2) is 0 Å². The fourth-order valence-electron chi connectivity index (χ4n) is 2.09. The van der Waals surface area contributed by atoms with Crippen molar-refractivity contribution in [1.82, 2.24) is 9.80 Å². The van der Waals surface area contributed by atoms with Crippen LogP contribution in [0.4, 0.5) is 0 Å². The second kappa shape index (κ2) is 5.64. The van der Waals surface area contributed by atoms with Crippen LogP contribution in [0.5, 0.6) is 0 Å². The predicted octanol–water partition coefficient (Wildman–Crippen LogP) is 0.949. The van der Waals surface area contributed by atoms with Gasteiger partial charge in [-0.15, -0.1) is 0 Å². The highest BCUT2D eigenvalue weighted by Gasteiger charge is 2.30. The number of hydrogen-bond donors (Lipinski definition) is 1. The molecule has 1 rings (SSSR count). The first-order valence-corrected chi connectivity index (χ1v) is 5.69. The Labute approximate surface area is 93.4 Å². The summed E-state index contributed by atoms with van der Waals surface area (Å²) in [5, 5.41) is 9.67. The van der Waals surface area contributed by atoms with Crippen molar-refractivity contribution in [3.63, 3.8) is 0 Å². The summed E-state index contributed by atoms with van der Waals surface area (Å²) < 4.78 is 0. The average molecular weight is 212 g/mol. The molecule has 3 nitrogen and oxygen atoms in total. The lowest BCUT2D eigenvalue weighted by Crippen LogP contribution is -2.37. The molecule has 0 amide bonds. The van der Waals surface area contributed by atoms with Gasteiger partial charge in [0, 0.05) is 25.7 Å². The van der Waals surface area contributed by atoms with Gasteiger partial charge in [0.1, 0.15) is 0 Å². The Kier molecular flexibility index (Phi) is 4.77. The maximum Gasteiger partial charge on any atom is 0.0682 e. The van der Waals surface area contributed by atoms with E-state index in [0.29, 0.717) is 6.04 Å². The quantitative estimate of drug-likeness (QED) is 0.703. The number of nitrogens with zero attached hydrogens (tertiary/aromatic N) is 2. The number of aliphatic hydroxyl groups is 1. The minimum absolute atomic E-state index is 0.138. The van der Waals surface area contributed by atoms with Crippen LogP contribution in [0.15, 0.2) is 11.6 Å². The molecule has 0 aromatic heterocycles. The number of allylic oxidation sites excluding steroid dienone is 1. The Morgan fingerprint density at radius 3 is 2.67 bits per heavy atom. The molecule has 1 aliphatic rings. The van der Waals surface area contributed by atoms with Crippen molar-refractivity contribution < 1.29 is 5.11 Å². The third kappa shape index (κ3) is 4.33. The van der Waals surface area contributed by atoms with Gasteiger partial charge in [0.05, 0.1) is 6.10 Å². The van der Waals surface area contributed by atoms with Gasteiger partial charge in [-0.05, 0) is 34.4 Å². The Morgan fingerprint density at radius 2 is 2.13 bits per heavy atom. The zero-order chi connectivity index (χ0) is 11.4. The molecule has 88 valence electrons. The fourth-order valence-corrected chi connectivity index (χ4v) is 2.09. The lowest BCUT2D eigenvalue weighted by Gasteiger charge is -2.25. The molecule has 15 heavy (non-hydrogen) atoms. The van der Waals surface area contributed by atoms with Crippen molar-refractivity contribution in [1.29, 1.82) is 0 Å². The molecule has 3 heteroatoms. The van der Waals surface area contributed by atoms with Crippen LogP contribution in [-0.2, 0) is 0 Å². The molecular weight excluding hydrogens is 188 g/mol. The largest absolute Gasteiger partial charge is 0.392 e. The smallest absolute Gasteiger partial charge is 0.0682 e. The van der Waals surface area contributed by atoms with Crippen molar-refractivity contribution >= 4 is 0 Å². The Morgan fingerprint density at radius 1 is 1.47 bits per heavy atom. The van der Waals surface area contributed by atoms with Gasteiger partial charge in [0.15, 0.2) is 0 Å². The van der Waals surface area contributed by atoms with Crippen molar-refractivity contribution in [2.75, 3.05) is 33.7 Å². The van der Waals surface area contributed by atoms with E-state index in [1.165, 1.54) is 5.57 Å². The van der Waals surface area contributed by atoms with Gasteiger partial charge >= 0.3 is 0 Å². The summed E-state index contributed by atoms with van der Waals surface area (Å²) in [6.07, 6.45) is 3.01. The van der Waals surface area contributed by atoms with E-state index in [9.17, 15) is 5.11 Å². The second-order valence-corrected chi connectivity index (χ2v) is 5.04. The standard InChI is InChI=1S/C12H24N2O/c1-10(2)5-6-14-9-12(15)7-11(14)8-13(3)4/h5,11-12,15H,6-9H2,1-4H3. The number of β-amino-alcohol motifs (C(OH)–C–C–N with tert-alkyl or cyclic N) is 1. The zero-order valence-corrected chi connectivity index (χ0v) is 10.4. The number of hydrogen-bond acceptors (Lipinski definition) is 3. The van der Waals surface area contributed by atoms with E-state index >= 15 is 0 Å². The van der Waals surface area contributed by atoms with Crippen LogP contribution in [0.1, 0.15) is 20.3 Å². The van der Waals surface area contributed by atoms with Crippen LogP contribution >= 0.6 is 0 Å². The molecule has 1 saturated heterocycles. The molecular formula is C12H24N2O. The summed E-state index contributed by atoms with van der Waals surface area (Å²) in [4.78, 5) is 4.57. The monoisotopic (exact) mass is 212 g/mol. The van der Waals surface area contributed by atoms with E-state index in [1.807, 2.05) is 0 Å². The third-order valence-corrected chi connectivity index (χ3v) is 2.82. The molecule has 0 aromatic rings. The molecule has 0 bridgehead atoms. The molecule has 0 spiro atoms. The number of likely N-dealkylation sites (N-methyl/N-ethyl adjacent to an activating group) is 1. The van der Waals surface area contributed by atoms with E-state index < -0.39 is 0 Å². The van der Waals surface area contributed by atoms with Crippen LogP contribution in [-0.4, -0.2) is 60.8 Å². The molecule has 0 radical (unpaired) electrons. The fraction of sp³-hybridized carbons (Fsp3) is 0.833. The summed E-state index contributed by atoms with van der Waals surface area (Å²) in [6.45, 7) is 7.06. The molecule has 0 saturated carbocycles. The number of likely N-dealkylation sites (tertiary alicyclic amines) is 1. The van der Waals surface area contributed by atoms with E-state index in [0.717, 1.165) is 26.1 Å². The predicted molar refractivity (Wildman–Crippen MR) is 64.0 cm³/mol. The van der Waals surface area contributed by atoms with Gasteiger partial charge in [0.2, 0.25) is 0 Å². The first-order valence-electron chi connectivity index (χ1n) is 5.69.